The third kappa shape index (κ3) is 3.32. The van der Waals surface area contributed by atoms with Gasteiger partial charge in [-0.3, -0.25) is 4.79 Å². The topological polar surface area (TPSA) is 64.4 Å². The van der Waals surface area contributed by atoms with Crippen molar-refractivity contribution in [1.29, 1.82) is 0 Å². The van der Waals surface area contributed by atoms with Crippen molar-refractivity contribution in [1.82, 2.24) is 5.32 Å². The number of hydrogen-bond donors (Lipinski definition) is 2. The van der Waals surface area contributed by atoms with Crippen molar-refractivity contribution in [3.05, 3.63) is 27.7 Å². The first-order valence-corrected chi connectivity index (χ1v) is 6.83. The van der Waals surface area contributed by atoms with E-state index in [0.717, 1.165) is 19.4 Å². The van der Waals surface area contributed by atoms with E-state index in [1.54, 1.807) is 0 Å². The number of benzene rings is 1. The molecule has 0 bridgehead atoms. The number of nitrogens with two attached hydrogens (primary N) is 1. The predicted molar refractivity (Wildman–Crippen MR) is 76.8 cm³/mol. The molecule has 4 nitrogen and oxygen atoms in total. The molecular weight excluding hydrogens is 287 g/mol. The summed E-state index contributed by atoms with van der Waals surface area (Å²) in [6.07, 6.45) is 1.94. The average molecular weight is 303 g/mol. The summed E-state index contributed by atoms with van der Waals surface area (Å²) in [6.45, 7) is 3.15. The molecule has 1 amide bonds. The van der Waals surface area contributed by atoms with Gasteiger partial charge in [-0.05, 0) is 31.9 Å². The fourth-order valence-electron chi connectivity index (χ4n) is 2.11. The quantitative estimate of drug-likeness (QED) is 0.844. The zero-order valence-corrected chi connectivity index (χ0v) is 12.1. The molecule has 0 radical (unpaired) electrons. The molecule has 1 heterocycles. The van der Waals surface area contributed by atoms with Gasteiger partial charge in [0.25, 0.3) is 5.91 Å². The Morgan fingerprint density at radius 3 is 2.89 bits per heavy atom. The standard InChI is InChI=1S/C13H16Cl2N2O2/c1-13(3-2-4-19-13)7-17-12(18)9-5-8(16)6-10(14)11(9)15/h5-6H,2-4,7,16H2,1H3,(H,17,18). The largest absolute Gasteiger partial charge is 0.399 e. The Hall–Kier alpha value is -0.970. The highest BCUT2D eigenvalue weighted by molar-refractivity contribution is 6.44. The van der Waals surface area contributed by atoms with Crippen LogP contribution in [0, 0.1) is 0 Å². The lowest BCUT2D eigenvalue weighted by atomic mass is 10.0. The van der Waals surface area contributed by atoms with Gasteiger partial charge in [-0.15, -0.1) is 0 Å². The van der Waals surface area contributed by atoms with Gasteiger partial charge in [0.2, 0.25) is 0 Å². The van der Waals surface area contributed by atoms with E-state index >= 15 is 0 Å². The van der Waals surface area contributed by atoms with E-state index in [1.807, 2.05) is 6.92 Å². The van der Waals surface area contributed by atoms with E-state index in [9.17, 15) is 4.79 Å². The van der Waals surface area contributed by atoms with E-state index < -0.39 is 0 Å². The lowest BCUT2D eigenvalue weighted by Gasteiger charge is -2.23. The molecule has 1 atom stereocenters. The molecule has 1 aromatic carbocycles. The smallest absolute Gasteiger partial charge is 0.253 e. The Bertz CT molecular complexity index is 500. The van der Waals surface area contributed by atoms with Crippen LogP contribution in [0.3, 0.4) is 0 Å². The summed E-state index contributed by atoms with van der Waals surface area (Å²) >= 11 is 11.9. The second-order valence-electron chi connectivity index (χ2n) is 4.95. The van der Waals surface area contributed by atoms with Gasteiger partial charge in [-0.1, -0.05) is 23.2 Å². The summed E-state index contributed by atoms with van der Waals surface area (Å²) in [5.74, 6) is -0.295. The summed E-state index contributed by atoms with van der Waals surface area (Å²) in [5.41, 5.74) is 6.05. The summed E-state index contributed by atoms with van der Waals surface area (Å²) in [7, 11) is 0. The summed E-state index contributed by atoms with van der Waals surface area (Å²) in [6, 6.07) is 3.03. The minimum Gasteiger partial charge on any atom is -0.399 e. The van der Waals surface area contributed by atoms with Gasteiger partial charge in [0, 0.05) is 18.8 Å². The van der Waals surface area contributed by atoms with Crippen LogP contribution in [0.1, 0.15) is 30.1 Å². The van der Waals surface area contributed by atoms with Gasteiger partial charge >= 0.3 is 0 Å². The van der Waals surface area contributed by atoms with Crippen molar-refractivity contribution in [3.63, 3.8) is 0 Å². The number of carbonyl (C=O) groups is 1. The number of carbonyl (C=O) groups excluding carboxylic acids is 1. The minimum atomic E-state index is -0.299. The Labute approximate surface area is 122 Å². The predicted octanol–water partition coefficient (Wildman–Crippen LogP) is 2.87. The summed E-state index contributed by atoms with van der Waals surface area (Å²) in [4.78, 5) is 12.1. The molecule has 1 aromatic rings. The Kier molecular flexibility index (Phi) is 4.23. The summed E-state index contributed by atoms with van der Waals surface area (Å²) < 4.78 is 5.61. The molecule has 1 aliphatic heterocycles. The second kappa shape index (κ2) is 5.57. The first-order chi connectivity index (χ1) is 8.91. The zero-order valence-electron chi connectivity index (χ0n) is 10.6. The molecule has 6 heteroatoms. The summed E-state index contributed by atoms with van der Waals surface area (Å²) in [5, 5.41) is 3.30. The van der Waals surface area contributed by atoms with Crippen molar-refractivity contribution in [3.8, 4) is 0 Å². The van der Waals surface area contributed by atoms with Crippen LogP contribution in [0.4, 0.5) is 5.69 Å². The number of nitrogens with one attached hydrogen (secondary N) is 1. The fourth-order valence-corrected chi connectivity index (χ4v) is 2.54. The van der Waals surface area contributed by atoms with E-state index in [-0.39, 0.29) is 27.1 Å². The monoisotopic (exact) mass is 302 g/mol. The van der Waals surface area contributed by atoms with Gasteiger partial charge < -0.3 is 15.8 Å². The number of rotatable bonds is 3. The maximum atomic E-state index is 12.1. The number of hydrogen-bond acceptors (Lipinski definition) is 3. The third-order valence-electron chi connectivity index (χ3n) is 3.22. The highest BCUT2D eigenvalue weighted by Crippen LogP contribution is 2.29. The molecule has 2 rings (SSSR count). The molecule has 1 unspecified atom stereocenters. The van der Waals surface area contributed by atoms with Crippen molar-refractivity contribution >= 4 is 34.8 Å². The number of halogens is 2. The number of ether oxygens (including phenoxy) is 1. The maximum Gasteiger partial charge on any atom is 0.253 e. The first kappa shape index (κ1) is 14.4. The Balaban J connectivity index is 2.08. The van der Waals surface area contributed by atoms with E-state index in [1.165, 1.54) is 12.1 Å². The van der Waals surface area contributed by atoms with Crippen LogP contribution in [0.2, 0.25) is 10.0 Å². The Morgan fingerprint density at radius 2 is 2.26 bits per heavy atom. The number of amides is 1. The van der Waals surface area contributed by atoms with Crippen molar-refractivity contribution in [2.24, 2.45) is 0 Å². The molecule has 0 aliphatic carbocycles. The Morgan fingerprint density at radius 1 is 1.53 bits per heavy atom. The van der Waals surface area contributed by atoms with Crippen LogP contribution in [-0.2, 0) is 4.74 Å². The van der Waals surface area contributed by atoms with E-state index in [4.69, 9.17) is 33.7 Å². The van der Waals surface area contributed by atoms with Gasteiger partial charge in [0.05, 0.1) is 21.2 Å². The molecule has 1 aliphatic rings. The van der Waals surface area contributed by atoms with Crippen LogP contribution < -0.4 is 11.1 Å². The molecule has 0 saturated carbocycles. The van der Waals surface area contributed by atoms with Gasteiger partial charge in [-0.2, -0.15) is 0 Å². The van der Waals surface area contributed by atoms with Crippen LogP contribution in [0.15, 0.2) is 12.1 Å². The minimum absolute atomic E-state index is 0.214. The molecule has 0 aromatic heterocycles. The van der Waals surface area contributed by atoms with Crippen LogP contribution in [-0.4, -0.2) is 24.7 Å². The first-order valence-electron chi connectivity index (χ1n) is 6.08. The SMILES string of the molecule is CC1(CNC(=O)c2cc(N)cc(Cl)c2Cl)CCCO1. The lowest BCUT2D eigenvalue weighted by Crippen LogP contribution is -2.40. The second-order valence-corrected chi connectivity index (χ2v) is 5.73. The molecule has 19 heavy (non-hydrogen) atoms. The van der Waals surface area contributed by atoms with E-state index in [0.29, 0.717) is 12.2 Å². The maximum absolute atomic E-state index is 12.1. The fraction of sp³-hybridized carbons (Fsp3) is 0.462. The van der Waals surface area contributed by atoms with Crippen LogP contribution in [0.5, 0.6) is 0 Å². The normalized spacial score (nSPS) is 22.5. The van der Waals surface area contributed by atoms with Gasteiger partial charge in [0.15, 0.2) is 0 Å². The van der Waals surface area contributed by atoms with Crippen molar-refractivity contribution in [2.75, 3.05) is 18.9 Å². The number of anilines is 1. The van der Waals surface area contributed by atoms with Gasteiger partial charge in [0.1, 0.15) is 0 Å². The molecule has 1 saturated heterocycles. The van der Waals surface area contributed by atoms with E-state index in [2.05, 4.69) is 5.32 Å². The molecule has 3 N–H and O–H groups in total. The zero-order chi connectivity index (χ0) is 14.0. The van der Waals surface area contributed by atoms with Crippen molar-refractivity contribution < 1.29 is 9.53 Å². The highest BCUT2D eigenvalue weighted by atomic mass is 35.5. The third-order valence-corrected chi connectivity index (χ3v) is 4.02. The number of nitrogen functional groups attached to an aromatic ring is 1. The highest BCUT2D eigenvalue weighted by Gasteiger charge is 2.30. The van der Waals surface area contributed by atoms with Crippen molar-refractivity contribution in [2.45, 2.75) is 25.4 Å². The average Bonchev–Trinajstić information content (AvgIpc) is 2.78. The lowest BCUT2D eigenvalue weighted by molar-refractivity contribution is 0.0206. The molecule has 0 spiro atoms. The van der Waals surface area contributed by atoms with Gasteiger partial charge in [-0.25, -0.2) is 0 Å². The van der Waals surface area contributed by atoms with Crippen LogP contribution >= 0.6 is 23.2 Å². The molecule has 1 fully saturated rings. The molecular formula is C13H16Cl2N2O2. The van der Waals surface area contributed by atoms with Crippen LogP contribution in [0.25, 0.3) is 0 Å². The molecule has 104 valence electrons.